The number of aromatic nitrogens is 4. The van der Waals surface area contributed by atoms with Gasteiger partial charge >= 0.3 is 5.69 Å². The number of benzene rings is 1. The fraction of sp³-hybridized carbons (Fsp3) is 0.353. The molecule has 3 heterocycles. The molecular formula is C17H19N5O6. The van der Waals surface area contributed by atoms with Crippen LogP contribution in [-0.2, 0) is 11.3 Å². The summed E-state index contributed by atoms with van der Waals surface area (Å²) in [6, 6.07) is 9.00. The first kappa shape index (κ1) is 18.4. The maximum absolute atomic E-state index is 13.1. The second-order valence-corrected chi connectivity index (χ2v) is 6.58. The molecule has 4 atom stereocenters. The van der Waals surface area contributed by atoms with E-state index in [1.165, 1.54) is 4.57 Å². The summed E-state index contributed by atoms with van der Waals surface area (Å²) in [6.07, 6.45) is -5.34. The van der Waals surface area contributed by atoms with Gasteiger partial charge in [-0.25, -0.2) is 9.36 Å². The van der Waals surface area contributed by atoms with E-state index in [1.54, 1.807) is 24.3 Å². The highest BCUT2D eigenvalue weighted by Crippen LogP contribution is 2.30. The van der Waals surface area contributed by atoms with Crippen LogP contribution in [0.15, 0.2) is 39.9 Å². The van der Waals surface area contributed by atoms with E-state index in [1.807, 2.05) is 6.07 Å². The highest BCUT2D eigenvalue weighted by Gasteiger charge is 2.45. The fourth-order valence-corrected chi connectivity index (χ4v) is 3.43. The summed E-state index contributed by atoms with van der Waals surface area (Å²) < 4.78 is 7.64. The van der Waals surface area contributed by atoms with Crippen molar-refractivity contribution in [3.05, 3.63) is 56.7 Å². The topological polar surface area (TPSA) is 169 Å². The number of imidazole rings is 1. The van der Waals surface area contributed by atoms with Crippen LogP contribution in [0.3, 0.4) is 0 Å². The van der Waals surface area contributed by atoms with Gasteiger partial charge in [0.1, 0.15) is 18.3 Å². The van der Waals surface area contributed by atoms with E-state index in [2.05, 4.69) is 9.97 Å². The number of aromatic amines is 1. The van der Waals surface area contributed by atoms with Crippen LogP contribution in [-0.4, -0.2) is 59.3 Å². The highest BCUT2D eigenvalue weighted by atomic mass is 16.6. The number of aliphatic hydroxyl groups is 3. The maximum Gasteiger partial charge on any atom is 0.333 e. The number of anilines is 1. The summed E-state index contributed by atoms with van der Waals surface area (Å²) in [6.45, 7) is -0.477. The number of hydrogen-bond donors (Lipinski definition) is 5. The van der Waals surface area contributed by atoms with Gasteiger partial charge in [-0.05, 0) is 5.56 Å². The van der Waals surface area contributed by atoms with E-state index in [0.717, 1.165) is 10.1 Å². The Morgan fingerprint density at radius 2 is 1.89 bits per heavy atom. The Hall–Kier alpha value is -2.99. The predicted octanol–water partition coefficient (Wildman–Crippen LogP) is -1.87. The first-order valence-electron chi connectivity index (χ1n) is 8.59. The lowest BCUT2D eigenvalue weighted by molar-refractivity contribution is -0.0527. The Bertz CT molecular complexity index is 1120. The molecule has 0 aliphatic carbocycles. The summed E-state index contributed by atoms with van der Waals surface area (Å²) in [5, 5.41) is 29.7. The number of nitrogen functional groups attached to an aromatic ring is 1. The summed E-state index contributed by atoms with van der Waals surface area (Å²) in [5.74, 6) is -0.213. The molecule has 148 valence electrons. The molecule has 2 aromatic heterocycles. The van der Waals surface area contributed by atoms with Crippen molar-refractivity contribution in [2.45, 2.75) is 31.1 Å². The Morgan fingerprint density at radius 3 is 2.54 bits per heavy atom. The molecule has 28 heavy (non-hydrogen) atoms. The van der Waals surface area contributed by atoms with Crippen LogP contribution in [0.1, 0.15) is 11.8 Å². The Balaban J connectivity index is 1.94. The van der Waals surface area contributed by atoms with Crippen molar-refractivity contribution in [3.8, 4) is 0 Å². The van der Waals surface area contributed by atoms with Gasteiger partial charge in [-0.3, -0.25) is 14.3 Å². The molecule has 0 amide bonds. The van der Waals surface area contributed by atoms with Crippen LogP contribution in [0, 0.1) is 0 Å². The number of rotatable bonds is 4. The number of hydrogen-bond acceptors (Lipinski definition) is 8. The Morgan fingerprint density at radius 1 is 1.18 bits per heavy atom. The average Bonchev–Trinajstić information content (AvgIpc) is 3.10. The largest absolute Gasteiger partial charge is 0.394 e. The van der Waals surface area contributed by atoms with E-state index < -0.39 is 42.4 Å². The van der Waals surface area contributed by atoms with Crippen molar-refractivity contribution < 1.29 is 20.1 Å². The molecule has 3 aromatic rings. The van der Waals surface area contributed by atoms with E-state index >= 15 is 0 Å². The lowest BCUT2D eigenvalue weighted by Crippen LogP contribution is -2.36. The molecule has 11 heteroatoms. The van der Waals surface area contributed by atoms with Gasteiger partial charge in [0, 0.05) is 0 Å². The third-order valence-electron chi connectivity index (χ3n) is 4.79. The van der Waals surface area contributed by atoms with Crippen LogP contribution < -0.4 is 17.0 Å². The van der Waals surface area contributed by atoms with Gasteiger partial charge in [-0.1, -0.05) is 30.3 Å². The third-order valence-corrected chi connectivity index (χ3v) is 4.79. The molecule has 11 nitrogen and oxygen atoms in total. The first-order valence-corrected chi connectivity index (χ1v) is 8.59. The molecule has 6 N–H and O–H groups in total. The molecule has 4 rings (SSSR count). The van der Waals surface area contributed by atoms with E-state index in [4.69, 9.17) is 10.5 Å². The number of aliphatic hydroxyl groups excluding tert-OH is 3. The molecular weight excluding hydrogens is 370 g/mol. The second-order valence-electron chi connectivity index (χ2n) is 6.58. The van der Waals surface area contributed by atoms with Crippen LogP contribution >= 0.6 is 0 Å². The molecule has 0 saturated carbocycles. The lowest BCUT2D eigenvalue weighted by Gasteiger charge is -2.15. The minimum absolute atomic E-state index is 0.0409. The first-order chi connectivity index (χ1) is 13.4. The minimum Gasteiger partial charge on any atom is -0.394 e. The van der Waals surface area contributed by atoms with Crippen molar-refractivity contribution in [2.24, 2.45) is 0 Å². The molecule has 0 unspecified atom stereocenters. The van der Waals surface area contributed by atoms with Gasteiger partial charge in [-0.2, -0.15) is 4.98 Å². The van der Waals surface area contributed by atoms with E-state index in [-0.39, 0.29) is 23.7 Å². The van der Waals surface area contributed by atoms with Gasteiger partial charge in [-0.15, -0.1) is 0 Å². The Labute approximate surface area is 157 Å². The lowest BCUT2D eigenvalue weighted by atomic mass is 10.1. The van der Waals surface area contributed by atoms with E-state index in [9.17, 15) is 24.9 Å². The highest BCUT2D eigenvalue weighted by molar-refractivity contribution is 5.72. The summed E-state index contributed by atoms with van der Waals surface area (Å²) in [7, 11) is 0. The van der Waals surface area contributed by atoms with Crippen molar-refractivity contribution >= 4 is 17.1 Å². The maximum atomic E-state index is 13.1. The van der Waals surface area contributed by atoms with Crippen molar-refractivity contribution in [3.63, 3.8) is 0 Å². The van der Waals surface area contributed by atoms with Gasteiger partial charge in [0.25, 0.3) is 5.56 Å². The number of nitrogens with one attached hydrogen (secondary N) is 1. The third kappa shape index (κ3) is 2.81. The zero-order chi connectivity index (χ0) is 20.0. The smallest absolute Gasteiger partial charge is 0.333 e. The quantitative estimate of drug-likeness (QED) is 0.346. The normalized spacial score (nSPS) is 24.8. The van der Waals surface area contributed by atoms with Crippen molar-refractivity contribution in [1.82, 2.24) is 19.1 Å². The fourth-order valence-electron chi connectivity index (χ4n) is 3.43. The van der Waals surface area contributed by atoms with Gasteiger partial charge < -0.3 is 25.8 Å². The molecule has 1 aliphatic heterocycles. The molecule has 0 bridgehead atoms. The number of H-pyrrole nitrogens is 1. The zero-order valence-electron chi connectivity index (χ0n) is 14.6. The zero-order valence-corrected chi connectivity index (χ0v) is 14.6. The van der Waals surface area contributed by atoms with Crippen molar-refractivity contribution in [2.75, 3.05) is 12.3 Å². The average molecular weight is 389 g/mol. The summed E-state index contributed by atoms with van der Waals surface area (Å²) >= 11 is 0. The summed E-state index contributed by atoms with van der Waals surface area (Å²) in [4.78, 5) is 32.1. The number of fused-ring (bicyclic) bond motifs is 1. The van der Waals surface area contributed by atoms with Gasteiger partial charge in [0.05, 0.1) is 13.2 Å². The number of nitrogens with zero attached hydrogens (tertiary/aromatic N) is 3. The minimum atomic E-state index is -1.51. The van der Waals surface area contributed by atoms with Gasteiger partial charge in [0.2, 0.25) is 5.95 Å². The summed E-state index contributed by atoms with van der Waals surface area (Å²) in [5.41, 5.74) is 4.98. The molecule has 1 aliphatic rings. The number of nitrogens with two attached hydrogens (primary N) is 1. The molecule has 1 fully saturated rings. The Kier molecular flexibility index (Phi) is 4.51. The second kappa shape index (κ2) is 6.87. The van der Waals surface area contributed by atoms with Crippen LogP contribution in [0.2, 0.25) is 0 Å². The SMILES string of the molecule is Nc1nc2c(c(=O)[nH]1)n(Cc1ccccc1)c(=O)n2[C@@H]1O[C@H](CO)[C@@H](O)[C@H]1O. The van der Waals surface area contributed by atoms with Gasteiger partial charge in [0.15, 0.2) is 17.4 Å². The number of ether oxygens (including phenoxy) is 1. The molecule has 1 aromatic carbocycles. The monoisotopic (exact) mass is 389 g/mol. The standard InChI is InChI=1S/C17H19N5O6/c18-16-19-13-10(14(26)20-16)21(6-8-4-2-1-3-5-8)17(27)22(13)15-12(25)11(24)9(7-23)28-15/h1-5,9,11-12,15,23-25H,6-7H2,(H3,18,19,20,26)/t9-,11-,12-,15-/m1/s1. The predicted molar refractivity (Wildman–Crippen MR) is 97.6 cm³/mol. The molecule has 0 spiro atoms. The molecule has 1 saturated heterocycles. The van der Waals surface area contributed by atoms with Crippen molar-refractivity contribution in [1.29, 1.82) is 0 Å². The van der Waals surface area contributed by atoms with E-state index in [0.29, 0.717) is 0 Å². The van der Waals surface area contributed by atoms with Crippen LogP contribution in [0.25, 0.3) is 11.2 Å². The molecule has 0 radical (unpaired) electrons. The van der Waals surface area contributed by atoms with Crippen LogP contribution in [0.4, 0.5) is 5.95 Å². The van der Waals surface area contributed by atoms with Crippen LogP contribution in [0.5, 0.6) is 0 Å².